The van der Waals surface area contributed by atoms with E-state index in [0.29, 0.717) is 5.56 Å². The molecule has 0 fully saturated rings. The van der Waals surface area contributed by atoms with Crippen molar-refractivity contribution in [1.29, 1.82) is 0 Å². The largest absolute Gasteiger partial charge is 0.285 e. The molecule has 0 amide bonds. The Balaban J connectivity index is 1.60. The molecule has 0 radical (unpaired) electrons. The van der Waals surface area contributed by atoms with Crippen LogP contribution >= 0.6 is 0 Å². The van der Waals surface area contributed by atoms with E-state index in [2.05, 4.69) is 46.0 Å². The van der Waals surface area contributed by atoms with Gasteiger partial charge in [-0.05, 0) is 60.4 Å². The van der Waals surface area contributed by atoms with Crippen LogP contribution in [0.15, 0.2) is 48.5 Å². The third kappa shape index (κ3) is 3.40. The summed E-state index contributed by atoms with van der Waals surface area (Å²) in [6.45, 7) is 8.32. The van der Waals surface area contributed by atoms with E-state index in [1.807, 2.05) is 49.4 Å². The Bertz CT molecular complexity index is 1480. The lowest BCUT2D eigenvalue weighted by Gasteiger charge is -2.12. The van der Waals surface area contributed by atoms with Gasteiger partial charge in [0.15, 0.2) is 5.65 Å². The predicted octanol–water partition coefficient (Wildman–Crippen LogP) is 4.32. The smallest absolute Gasteiger partial charge is 0.245 e. The first-order valence-corrected chi connectivity index (χ1v) is 10.8. The number of benzene rings is 2. The summed E-state index contributed by atoms with van der Waals surface area (Å²) in [6.07, 6.45) is 0.789. The number of H-pyrrole nitrogens is 1. The van der Waals surface area contributed by atoms with E-state index in [0.717, 1.165) is 51.5 Å². The van der Waals surface area contributed by atoms with Gasteiger partial charge >= 0.3 is 0 Å². The molecule has 1 N–H and O–H groups in total. The maximum Gasteiger partial charge on any atom is 0.245 e. The van der Waals surface area contributed by atoms with Crippen LogP contribution in [-0.4, -0.2) is 40.9 Å². The van der Waals surface area contributed by atoms with Crippen LogP contribution in [0.3, 0.4) is 0 Å². The number of aromatic nitrogens is 7. The quantitative estimate of drug-likeness (QED) is 0.411. The second-order valence-electron chi connectivity index (χ2n) is 7.99. The van der Waals surface area contributed by atoms with E-state index in [1.165, 1.54) is 5.56 Å². The van der Waals surface area contributed by atoms with Gasteiger partial charge in [0.1, 0.15) is 11.3 Å². The molecule has 33 heavy (non-hydrogen) atoms. The van der Waals surface area contributed by atoms with E-state index in [4.69, 9.17) is 9.97 Å². The van der Waals surface area contributed by atoms with E-state index >= 15 is 0 Å². The first kappa shape index (κ1) is 20.7. The van der Waals surface area contributed by atoms with Crippen LogP contribution in [0.1, 0.15) is 45.8 Å². The van der Waals surface area contributed by atoms with Crippen molar-refractivity contribution in [1.82, 2.24) is 35.2 Å². The molecule has 5 rings (SSSR count). The maximum absolute atomic E-state index is 12.9. The van der Waals surface area contributed by atoms with Crippen molar-refractivity contribution in [3.8, 4) is 16.8 Å². The van der Waals surface area contributed by atoms with Crippen molar-refractivity contribution in [3.63, 3.8) is 0 Å². The van der Waals surface area contributed by atoms with Gasteiger partial charge in [-0.1, -0.05) is 43.3 Å². The summed E-state index contributed by atoms with van der Waals surface area (Å²) < 4.78 is 2.12. The molecule has 0 saturated carbocycles. The molecule has 3 aromatic heterocycles. The van der Waals surface area contributed by atoms with E-state index in [-0.39, 0.29) is 11.6 Å². The molecule has 164 valence electrons. The Morgan fingerprint density at radius 2 is 1.73 bits per heavy atom. The molecule has 8 heteroatoms. The van der Waals surface area contributed by atoms with E-state index in [1.54, 1.807) is 6.07 Å². The van der Waals surface area contributed by atoms with Gasteiger partial charge in [-0.25, -0.2) is 9.97 Å². The maximum atomic E-state index is 12.9. The minimum atomic E-state index is -0.275. The van der Waals surface area contributed by atoms with Crippen molar-refractivity contribution in [3.05, 3.63) is 82.6 Å². The van der Waals surface area contributed by atoms with Crippen LogP contribution in [0, 0.1) is 20.8 Å². The lowest BCUT2D eigenvalue weighted by Crippen LogP contribution is -2.06. The molecule has 0 aliphatic heterocycles. The first-order chi connectivity index (χ1) is 16.0. The number of ketones is 1. The zero-order valence-corrected chi connectivity index (χ0v) is 18.9. The number of aromatic amines is 1. The number of hydrogen-bond acceptors (Lipinski definition) is 6. The molecule has 0 unspecified atom stereocenters. The van der Waals surface area contributed by atoms with Gasteiger partial charge < -0.3 is 0 Å². The highest BCUT2D eigenvalue weighted by Gasteiger charge is 2.19. The molecule has 8 nitrogen and oxygen atoms in total. The van der Waals surface area contributed by atoms with Crippen molar-refractivity contribution in [2.45, 2.75) is 34.1 Å². The fourth-order valence-electron chi connectivity index (χ4n) is 4.11. The standard InChI is InChI=1S/C25H23N7O/c1-5-21-27-22-15(3)14(2)16(4)26-25(22)32(21)18-12-10-17(11-13-18)19-8-6-7-9-20(19)23(33)24-28-30-31-29-24/h6-13H,5H2,1-4H3,(H,28,29,30,31). The number of imidazole rings is 1. The van der Waals surface area contributed by atoms with Crippen LogP contribution < -0.4 is 0 Å². The second kappa shape index (κ2) is 8.05. The molecule has 0 spiro atoms. The van der Waals surface area contributed by atoms with Crippen molar-refractivity contribution >= 4 is 16.9 Å². The number of fused-ring (bicyclic) bond motifs is 1. The number of pyridine rings is 1. The van der Waals surface area contributed by atoms with Crippen molar-refractivity contribution in [2.24, 2.45) is 0 Å². The van der Waals surface area contributed by atoms with Crippen LogP contribution in [-0.2, 0) is 6.42 Å². The average Bonchev–Trinajstić information content (AvgIpc) is 3.51. The summed E-state index contributed by atoms with van der Waals surface area (Å²) in [5, 5.41) is 13.5. The molecule has 3 heterocycles. The topological polar surface area (TPSA) is 102 Å². The molecular weight excluding hydrogens is 414 g/mol. The van der Waals surface area contributed by atoms with Crippen LogP contribution in [0.2, 0.25) is 0 Å². The Morgan fingerprint density at radius 3 is 2.42 bits per heavy atom. The number of hydrogen-bond donors (Lipinski definition) is 1. The zero-order valence-electron chi connectivity index (χ0n) is 18.9. The number of nitrogens with one attached hydrogen (secondary N) is 1. The van der Waals surface area contributed by atoms with Crippen molar-refractivity contribution in [2.75, 3.05) is 0 Å². The molecule has 0 bridgehead atoms. The summed E-state index contributed by atoms with van der Waals surface area (Å²) >= 11 is 0. The first-order valence-electron chi connectivity index (χ1n) is 10.8. The molecule has 0 aliphatic rings. The van der Waals surface area contributed by atoms with Gasteiger partial charge in [0.25, 0.3) is 0 Å². The van der Waals surface area contributed by atoms with Crippen LogP contribution in [0.5, 0.6) is 0 Å². The Labute approximate surface area is 190 Å². The SMILES string of the molecule is CCc1nc2c(C)c(C)c(C)nc2n1-c1ccc(-c2ccccc2C(=O)c2nn[nH]n2)cc1. The van der Waals surface area contributed by atoms with Gasteiger partial charge in [0.05, 0.1) is 0 Å². The van der Waals surface area contributed by atoms with Gasteiger partial charge in [-0.2, -0.15) is 5.21 Å². The number of carbonyl (C=O) groups is 1. The van der Waals surface area contributed by atoms with Gasteiger partial charge in [0, 0.05) is 23.4 Å². The highest BCUT2D eigenvalue weighted by Crippen LogP contribution is 2.29. The summed E-state index contributed by atoms with van der Waals surface area (Å²) in [5.74, 6) is 0.734. The Morgan fingerprint density at radius 1 is 0.970 bits per heavy atom. The Kier molecular flexibility index (Phi) is 5.05. The fraction of sp³-hybridized carbons (Fsp3) is 0.200. The predicted molar refractivity (Wildman–Crippen MR) is 126 cm³/mol. The lowest BCUT2D eigenvalue weighted by atomic mass is 9.96. The summed E-state index contributed by atoms with van der Waals surface area (Å²) in [4.78, 5) is 22.6. The number of nitrogens with zero attached hydrogens (tertiary/aromatic N) is 6. The van der Waals surface area contributed by atoms with Crippen molar-refractivity contribution < 1.29 is 4.79 Å². The monoisotopic (exact) mass is 437 g/mol. The number of tetrazole rings is 1. The summed E-state index contributed by atoms with van der Waals surface area (Å²) in [5.41, 5.74) is 8.39. The lowest BCUT2D eigenvalue weighted by molar-refractivity contribution is 0.103. The fourth-order valence-corrected chi connectivity index (χ4v) is 4.11. The molecule has 0 aliphatic carbocycles. The Hall–Kier alpha value is -4.20. The minimum Gasteiger partial charge on any atom is -0.285 e. The highest BCUT2D eigenvalue weighted by molar-refractivity contribution is 6.10. The highest BCUT2D eigenvalue weighted by atomic mass is 16.1. The average molecular weight is 438 g/mol. The molecular formula is C25H23N7O. The van der Waals surface area contributed by atoms with Gasteiger partial charge in [-0.3, -0.25) is 9.36 Å². The third-order valence-electron chi connectivity index (χ3n) is 6.13. The molecule has 0 atom stereocenters. The van der Waals surface area contributed by atoms with E-state index in [9.17, 15) is 4.79 Å². The summed E-state index contributed by atoms with van der Waals surface area (Å²) in [6, 6.07) is 15.5. The van der Waals surface area contributed by atoms with Crippen LogP contribution in [0.4, 0.5) is 0 Å². The van der Waals surface area contributed by atoms with E-state index < -0.39 is 0 Å². The normalized spacial score (nSPS) is 11.3. The number of aryl methyl sites for hydroxylation is 3. The zero-order chi connectivity index (χ0) is 23.1. The van der Waals surface area contributed by atoms with Crippen LogP contribution in [0.25, 0.3) is 28.0 Å². The third-order valence-corrected chi connectivity index (χ3v) is 6.13. The van der Waals surface area contributed by atoms with Gasteiger partial charge in [-0.15, -0.1) is 10.2 Å². The molecule has 5 aromatic rings. The number of rotatable bonds is 5. The minimum absolute atomic E-state index is 0.0450. The number of carbonyl (C=O) groups excluding carboxylic acids is 1. The molecule has 0 saturated heterocycles. The summed E-state index contributed by atoms with van der Waals surface area (Å²) in [7, 11) is 0. The second-order valence-corrected chi connectivity index (χ2v) is 7.99. The molecule has 2 aromatic carbocycles. The van der Waals surface area contributed by atoms with Gasteiger partial charge in [0.2, 0.25) is 11.6 Å².